The number of carbonyl (C=O) groups excluding carboxylic acids is 1. The first-order chi connectivity index (χ1) is 14.6. The summed E-state index contributed by atoms with van der Waals surface area (Å²) in [5.74, 6) is 2.03. The number of thiazole rings is 1. The molecule has 0 spiro atoms. The van der Waals surface area contributed by atoms with E-state index in [1.807, 2.05) is 30.3 Å². The number of aromatic nitrogens is 1. The Morgan fingerprint density at radius 2 is 2.00 bits per heavy atom. The summed E-state index contributed by atoms with van der Waals surface area (Å²) in [5.41, 5.74) is 4.12. The van der Waals surface area contributed by atoms with Crippen molar-refractivity contribution >= 4 is 32.6 Å². The lowest BCUT2D eigenvalue weighted by atomic mass is 10.1. The average molecular weight is 420 g/mol. The Morgan fingerprint density at radius 1 is 1.13 bits per heavy atom. The number of rotatable bonds is 5. The normalized spacial score (nSPS) is 12.5. The molecule has 0 radical (unpaired) electrons. The van der Waals surface area contributed by atoms with Gasteiger partial charge in [0.25, 0.3) is 0 Å². The molecular formula is C23H20N2O4S. The van der Waals surface area contributed by atoms with E-state index >= 15 is 0 Å². The van der Waals surface area contributed by atoms with Crippen molar-refractivity contribution in [3.05, 3.63) is 71.2 Å². The summed E-state index contributed by atoms with van der Waals surface area (Å²) in [6, 6.07) is 13.4. The number of carbonyl (C=O) groups is 1. The minimum Gasteiger partial charge on any atom is -0.467 e. The minimum atomic E-state index is -0.0568. The maximum atomic E-state index is 13.3. The van der Waals surface area contributed by atoms with Gasteiger partial charge >= 0.3 is 0 Å². The van der Waals surface area contributed by atoms with E-state index in [4.69, 9.17) is 18.9 Å². The van der Waals surface area contributed by atoms with E-state index in [9.17, 15) is 4.79 Å². The second kappa shape index (κ2) is 7.50. The third-order valence-corrected chi connectivity index (χ3v) is 6.34. The number of benzene rings is 2. The van der Waals surface area contributed by atoms with Crippen LogP contribution in [0, 0.1) is 13.8 Å². The molecule has 5 rings (SSSR count). The molecule has 0 bridgehead atoms. The lowest BCUT2D eigenvalue weighted by molar-refractivity contribution is -0.118. The number of hydrogen-bond acceptors (Lipinski definition) is 6. The fraction of sp³-hybridized carbons (Fsp3) is 0.217. The predicted octanol–water partition coefficient (Wildman–Crippen LogP) is 5.01. The van der Waals surface area contributed by atoms with Crippen molar-refractivity contribution in [2.24, 2.45) is 0 Å². The van der Waals surface area contributed by atoms with Gasteiger partial charge in [0.2, 0.25) is 12.7 Å². The smallest absolute Gasteiger partial charge is 0.233 e. The number of furan rings is 1. The Hall–Kier alpha value is -3.32. The highest BCUT2D eigenvalue weighted by atomic mass is 32.1. The zero-order valence-corrected chi connectivity index (χ0v) is 17.5. The molecule has 2 aromatic carbocycles. The highest BCUT2D eigenvalue weighted by molar-refractivity contribution is 7.22. The molecule has 0 saturated heterocycles. The first-order valence-corrected chi connectivity index (χ1v) is 10.5. The number of aryl methyl sites for hydroxylation is 2. The summed E-state index contributed by atoms with van der Waals surface area (Å²) in [7, 11) is 0. The Balaban J connectivity index is 1.48. The fourth-order valence-corrected chi connectivity index (χ4v) is 4.51. The summed E-state index contributed by atoms with van der Waals surface area (Å²) in [6.07, 6.45) is 1.84. The highest BCUT2D eigenvalue weighted by Gasteiger charge is 2.23. The van der Waals surface area contributed by atoms with Crippen LogP contribution in [0.4, 0.5) is 5.13 Å². The van der Waals surface area contributed by atoms with Gasteiger partial charge in [-0.1, -0.05) is 23.5 Å². The highest BCUT2D eigenvalue weighted by Crippen LogP contribution is 2.35. The summed E-state index contributed by atoms with van der Waals surface area (Å²) in [6.45, 7) is 4.67. The molecule has 0 saturated carbocycles. The third-order valence-electron chi connectivity index (χ3n) is 5.29. The molecule has 152 valence electrons. The van der Waals surface area contributed by atoms with Crippen molar-refractivity contribution in [3.8, 4) is 11.5 Å². The van der Waals surface area contributed by atoms with Crippen molar-refractivity contribution in [2.75, 3.05) is 11.7 Å². The van der Waals surface area contributed by atoms with E-state index < -0.39 is 0 Å². The van der Waals surface area contributed by atoms with E-state index in [1.165, 1.54) is 16.9 Å². The van der Waals surface area contributed by atoms with Gasteiger partial charge in [-0.2, -0.15) is 0 Å². The third kappa shape index (κ3) is 3.41. The van der Waals surface area contributed by atoms with Crippen LogP contribution in [-0.2, 0) is 17.8 Å². The van der Waals surface area contributed by atoms with Gasteiger partial charge in [0.15, 0.2) is 16.6 Å². The van der Waals surface area contributed by atoms with Crippen LogP contribution in [0.1, 0.15) is 22.5 Å². The minimum absolute atomic E-state index is 0.0568. The van der Waals surface area contributed by atoms with Crippen molar-refractivity contribution in [1.29, 1.82) is 0 Å². The number of ether oxygens (including phenoxy) is 2. The van der Waals surface area contributed by atoms with E-state index in [-0.39, 0.29) is 19.1 Å². The lowest BCUT2D eigenvalue weighted by Gasteiger charge is -2.19. The summed E-state index contributed by atoms with van der Waals surface area (Å²) < 4.78 is 17.4. The van der Waals surface area contributed by atoms with Crippen molar-refractivity contribution < 1.29 is 18.7 Å². The molecule has 1 amide bonds. The molecule has 0 N–H and O–H groups in total. The molecule has 1 aliphatic heterocycles. The molecule has 4 aromatic rings. The second-order valence-corrected chi connectivity index (χ2v) is 8.28. The van der Waals surface area contributed by atoms with Crippen LogP contribution < -0.4 is 14.4 Å². The van der Waals surface area contributed by atoms with Crippen LogP contribution in [-0.4, -0.2) is 17.7 Å². The van der Waals surface area contributed by atoms with Crippen molar-refractivity contribution in [2.45, 2.75) is 26.8 Å². The molecule has 0 aliphatic carbocycles. The van der Waals surface area contributed by atoms with E-state index in [1.54, 1.807) is 11.2 Å². The second-order valence-electron chi connectivity index (χ2n) is 7.27. The van der Waals surface area contributed by atoms with Crippen LogP contribution in [0.25, 0.3) is 10.2 Å². The van der Waals surface area contributed by atoms with Crippen LogP contribution in [0.5, 0.6) is 11.5 Å². The molecular weight excluding hydrogens is 400 g/mol. The van der Waals surface area contributed by atoms with Gasteiger partial charge in [-0.05, 0) is 60.9 Å². The van der Waals surface area contributed by atoms with Gasteiger partial charge in [0.05, 0.1) is 29.4 Å². The molecule has 3 heterocycles. The standard InChI is InChI=1S/C23H20N2O4S/c1-14-5-8-20-22(15(14)2)24-23(30-20)25(12-17-4-3-9-27-17)21(26)11-16-6-7-18-19(10-16)29-13-28-18/h3-10H,11-13H2,1-2H3. The zero-order valence-electron chi connectivity index (χ0n) is 16.7. The van der Waals surface area contributed by atoms with Gasteiger partial charge < -0.3 is 13.9 Å². The average Bonchev–Trinajstić information content (AvgIpc) is 3.49. The molecule has 0 unspecified atom stereocenters. The number of anilines is 1. The largest absolute Gasteiger partial charge is 0.467 e. The Kier molecular flexibility index (Phi) is 4.67. The number of amides is 1. The lowest BCUT2D eigenvalue weighted by Crippen LogP contribution is -2.31. The zero-order chi connectivity index (χ0) is 20.7. The summed E-state index contributed by atoms with van der Waals surface area (Å²) in [4.78, 5) is 19.9. The van der Waals surface area contributed by atoms with Crippen molar-refractivity contribution in [3.63, 3.8) is 0 Å². The topological polar surface area (TPSA) is 64.8 Å². The SMILES string of the molecule is Cc1ccc2sc(N(Cc3ccco3)C(=O)Cc3ccc4c(c3)OCO4)nc2c1C. The van der Waals surface area contributed by atoms with Gasteiger partial charge in [-0.15, -0.1) is 0 Å². The first-order valence-electron chi connectivity index (χ1n) is 9.66. The van der Waals surface area contributed by atoms with Gasteiger partial charge in [0, 0.05) is 0 Å². The summed E-state index contributed by atoms with van der Waals surface area (Å²) >= 11 is 1.52. The molecule has 7 heteroatoms. The van der Waals surface area contributed by atoms with Gasteiger partial charge in [-0.25, -0.2) is 4.98 Å². The van der Waals surface area contributed by atoms with E-state index in [0.717, 1.165) is 21.3 Å². The maximum absolute atomic E-state index is 13.3. The number of nitrogens with zero attached hydrogens (tertiary/aromatic N) is 2. The van der Waals surface area contributed by atoms with Crippen molar-refractivity contribution in [1.82, 2.24) is 4.98 Å². The van der Waals surface area contributed by atoms with Gasteiger partial charge in [-0.3, -0.25) is 9.69 Å². The molecule has 0 atom stereocenters. The number of hydrogen-bond donors (Lipinski definition) is 0. The Bertz CT molecular complexity index is 1230. The molecule has 1 aliphatic rings. The summed E-state index contributed by atoms with van der Waals surface area (Å²) in [5, 5.41) is 0.667. The molecule has 30 heavy (non-hydrogen) atoms. The monoisotopic (exact) mass is 420 g/mol. The molecule has 0 fully saturated rings. The van der Waals surface area contributed by atoms with E-state index in [2.05, 4.69) is 26.0 Å². The Labute approximate surface area is 177 Å². The fourth-order valence-electron chi connectivity index (χ4n) is 3.47. The van der Waals surface area contributed by atoms with Crippen LogP contribution in [0.15, 0.2) is 53.1 Å². The first kappa shape index (κ1) is 18.7. The van der Waals surface area contributed by atoms with Crippen LogP contribution >= 0.6 is 11.3 Å². The Morgan fingerprint density at radius 3 is 2.83 bits per heavy atom. The predicted molar refractivity (Wildman–Crippen MR) is 115 cm³/mol. The number of fused-ring (bicyclic) bond motifs is 2. The maximum Gasteiger partial charge on any atom is 0.233 e. The van der Waals surface area contributed by atoms with Crippen LogP contribution in [0.3, 0.4) is 0 Å². The van der Waals surface area contributed by atoms with E-state index in [0.29, 0.717) is 28.9 Å². The molecule has 6 nitrogen and oxygen atoms in total. The molecule has 2 aromatic heterocycles. The van der Waals surface area contributed by atoms with Gasteiger partial charge in [0.1, 0.15) is 5.76 Å². The van der Waals surface area contributed by atoms with Crippen LogP contribution in [0.2, 0.25) is 0 Å². The quantitative estimate of drug-likeness (QED) is 0.454.